The van der Waals surface area contributed by atoms with Crippen molar-refractivity contribution in [2.75, 3.05) is 11.4 Å². The molecule has 0 aliphatic carbocycles. The van der Waals surface area contributed by atoms with Gasteiger partial charge in [0.25, 0.3) is 0 Å². The summed E-state index contributed by atoms with van der Waals surface area (Å²) in [7, 11) is 0. The smallest absolute Gasteiger partial charge is 0.123 e. The van der Waals surface area contributed by atoms with Crippen molar-refractivity contribution in [1.29, 1.82) is 0 Å². The second kappa shape index (κ2) is 4.79. The summed E-state index contributed by atoms with van der Waals surface area (Å²) in [6.45, 7) is 2.91. The van der Waals surface area contributed by atoms with Crippen LogP contribution < -0.4 is 4.90 Å². The maximum atomic E-state index is 12.8. The van der Waals surface area contributed by atoms with Crippen molar-refractivity contribution in [3.05, 3.63) is 60.4 Å². The molecule has 81 valence electrons. The number of hydrogen-bond acceptors (Lipinski definition) is 1. The molecule has 2 heteroatoms. The van der Waals surface area contributed by atoms with Crippen LogP contribution in [0.4, 0.5) is 15.8 Å². The van der Waals surface area contributed by atoms with Gasteiger partial charge in [-0.3, -0.25) is 0 Å². The zero-order valence-corrected chi connectivity index (χ0v) is 9.15. The molecule has 2 aromatic rings. The minimum atomic E-state index is -0.207. The van der Waals surface area contributed by atoms with E-state index < -0.39 is 0 Å². The van der Waals surface area contributed by atoms with Crippen molar-refractivity contribution in [1.82, 2.24) is 0 Å². The Kier molecular flexibility index (Phi) is 3.20. The van der Waals surface area contributed by atoms with Gasteiger partial charge in [0.05, 0.1) is 0 Å². The van der Waals surface area contributed by atoms with Crippen molar-refractivity contribution in [2.24, 2.45) is 0 Å². The maximum absolute atomic E-state index is 12.8. The molecule has 0 saturated carbocycles. The predicted molar refractivity (Wildman–Crippen MR) is 64.4 cm³/mol. The fourth-order valence-corrected chi connectivity index (χ4v) is 1.69. The molecule has 0 atom stereocenters. The molecule has 2 rings (SSSR count). The second-order valence-corrected chi connectivity index (χ2v) is 3.48. The van der Waals surface area contributed by atoms with Gasteiger partial charge in [0.15, 0.2) is 0 Å². The van der Waals surface area contributed by atoms with E-state index in [1.54, 1.807) is 12.1 Å². The van der Waals surface area contributed by atoms with Crippen LogP contribution in [0.2, 0.25) is 0 Å². The van der Waals surface area contributed by atoms with Crippen LogP contribution in [0.3, 0.4) is 0 Å². The van der Waals surface area contributed by atoms with Crippen LogP contribution in [0.15, 0.2) is 48.5 Å². The molecule has 0 fully saturated rings. The van der Waals surface area contributed by atoms with Crippen molar-refractivity contribution in [3.63, 3.8) is 0 Å². The fraction of sp³-hybridized carbons (Fsp3) is 0.143. The largest absolute Gasteiger partial charge is 0.342 e. The summed E-state index contributed by atoms with van der Waals surface area (Å²) in [5.41, 5.74) is 2.09. The highest BCUT2D eigenvalue weighted by molar-refractivity contribution is 5.62. The lowest BCUT2D eigenvalue weighted by Crippen LogP contribution is -2.15. The Morgan fingerprint density at radius 3 is 2.12 bits per heavy atom. The second-order valence-electron chi connectivity index (χ2n) is 3.48. The van der Waals surface area contributed by atoms with Gasteiger partial charge in [0, 0.05) is 17.9 Å². The minimum Gasteiger partial charge on any atom is -0.342 e. The van der Waals surface area contributed by atoms with Gasteiger partial charge in [-0.25, -0.2) is 4.39 Å². The lowest BCUT2D eigenvalue weighted by Gasteiger charge is -2.23. The van der Waals surface area contributed by atoms with E-state index in [2.05, 4.69) is 17.9 Å². The summed E-state index contributed by atoms with van der Waals surface area (Å²) in [5.74, 6) is -0.207. The topological polar surface area (TPSA) is 3.24 Å². The summed E-state index contributed by atoms with van der Waals surface area (Å²) < 4.78 is 12.8. The van der Waals surface area contributed by atoms with Gasteiger partial charge in [-0.2, -0.15) is 0 Å². The molecule has 0 unspecified atom stereocenters. The summed E-state index contributed by atoms with van der Waals surface area (Å²) in [4.78, 5) is 2.12. The molecule has 0 aliphatic heterocycles. The van der Waals surface area contributed by atoms with Crippen LogP contribution in [0.5, 0.6) is 0 Å². The minimum absolute atomic E-state index is 0.207. The van der Waals surface area contributed by atoms with Gasteiger partial charge < -0.3 is 4.90 Å². The highest BCUT2D eigenvalue weighted by atomic mass is 19.1. The van der Waals surface area contributed by atoms with Crippen molar-refractivity contribution >= 4 is 11.4 Å². The number of anilines is 2. The summed E-state index contributed by atoms with van der Waals surface area (Å²) >= 11 is 0. The van der Waals surface area contributed by atoms with E-state index in [-0.39, 0.29) is 5.82 Å². The maximum Gasteiger partial charge on any atom is 0.123 e. The third kappa shape index (κ3) is 2.22. The fourth-order valence-electron chi connectivity index (χ4n) is 1.69. The molecule has 0 N–H and O–H groups in total. The summed E-state index contributed by atoms with van der Waals surface area (Å²) in [6, 6.07) is 17.3. The summed E-state index contributed by atoms with van der Waals surface area (Å²) in [6.07, 6.45) is 0. The first-order chi connectivity index (χ1) is 7.81. The van der Waals surface area contributed by atoms with Crippen molar-refractivity contribution < 1.29 is 4.39 Å². The Bertz CT molecular complexity index is 436. The van der Waals surface area contributed by atoms with Crippen LogP contribution in [0.25, 0.3) is 0 Å². The number of rotatable bonds is 3. The van der Waals surface area contributed by atoms with Gasteiger partial charge in [0.2, 0.25) is 0 Å². The predicted octanol–water partition coefficient (Wildman–Crippen LogP) is 3.78. The first-order valence-corrected chi connectivity index (χ1v) is 5.30. The van der Waals surface area contributed by atoms with Crippen LogP contribution in [0.1, 0.15) is 6.92 Å². The van der Waals surface area contributed by atoms with E-state index in [1.807, 2.05) is 24.3 Å². The quantitative estimate of drug-likeness (QED) is 0.751. The van der Waals surface area contributed by atoms with Crippen molar-refractivity contribution in [2.45, 2.75) is 6.92 Å². The monoisotopic (exact) mass is 214 g/mol. The zero-order chi connectivity index (χ0) is 11.4. The molecule has 0 amide bonds. The Morgan fingerprint density at radius 2 is 1.56 bits per heavy atom. The SMILES string of the molecule is CCN(c1cc[c]cc1)c1ccc(F)cc1. The average Bonchev–Trinajstić information content (AvgIpc) is 2.34. The third-order valence-electron chi connectivity index (χ3n) is 2.47. The van der Waals surface area contributed by atoms with E-state index in [4.69, 9.17) is 0 Å². The molecule has 16 heavy (non-hydrogen) atoms. The molecular weight excluding hydrogens is 201 g/mol. The Morgan fingerprint density at radius 1 is 1.00 bits per heavy atom. The van der Waals surface area contributed by atoms with Gasteiger partial charge in [-0.1, -0.05) is 12.1 Å². The number of hydrogen-bond donors (Lipinski definition) is 0. The molecule has 0 spiro atoms. The number of benzene rings is 2. The Hall–Kier alpha value is -1.83. The number of halogens is 1. The van der Waals surface area contributed by atoms with Crippen LogP contribution in [-0.4, -0.2) is 6.54 Å². The Balaban J connectivity index is 2.33. The normalized spacial score (nSPS) is 10.1. The molecule has 0 aromatic heterocycles. The third-order valence-corrected chi connectivity index (χ3v) is 2.47. The van der Waals surface area contributed by atoms with E-state index in [0.717, 1.165) is 17.9 Å². The lowest BCUT2D eigenvalue weighted by atomic mass is 10.2. The van der Waals surface area contributed by atoms with Gasteiger partial charge in [-0.05, 0) is 49.4 Å². The lowest BCUT2D eigenvalue weighted by molar-refractivity contribution is 0.628. The number of nitrogens with zero attached hydrogens (tertiary/aromatic N) is 1. The van der Waals surface area contributed by atoms with E-state index in [0.29, 0.717) is 0 Å². The van der Waals surface area contributed by atoms with E-state index in [9.17, 15) is 4.39 Å². The van der Waals surface area contributed by atoms with Gasteiger partial charge in [0.1, 0.15) is 5.82 Å². The highest BCUT2D eigenvalue weighted by Gasteiger charge is 2.05. The zero-order valence-electron chi connectivity index (χ0n) is 9.15. The van der Waals surface area contributed by atoms with Gasteiger partial charge in [-0.15, -0.1) is 0 Å². The van der Waals surface area contributed by atoms with Crippen LogP contribution in [-0.2, 0) is 0 Å². The summed E-state index contributed by atoms with van der Waals surface area (Å²) in [5, 5.41) is 0. The molecule has 1 nitrogen and oxygen atoms in total. The molecule has 0 saturated heterocycles. The first-order valence-electron chi connectivity index (χ1n) is 5.30. The molecular formula is C14H13FN. The van der Waals surface area contributed by atoms with E-state index in [1.165, 1.54) is 12.1 Å². The van der Waals surface area contributed by atoms with Crippen LogP contribution in [0, 0.1) is 11.9 Å². The molecule has 0 heterocycles. The highest BCUT2D eigenvalue weighted by Crippen LogP contribution is 2.24. The average molecular weight is 214 g/mol. The standard InChI is InChI=1S/C14H13FN/c1-2-16(13-6-4-3-5-7-13)14-10-8-12(15)9-11-14/h4-11H,2H2,1H3. The molecule has 1 radical (unpaired) electrons. The molecule has 0 bridgehead atoms. The van der Waals surface area contributed by atoms with E-state index >= 15 is 0 Å². The van der Waals surface area contributed by atoms with Crippen molar-refractivity contribution in [3.8, 4) is 0 Å². The van der Waals surface area contributed by atoms with Gasteiger partial charge >= 0.3 is 0 Å². The first kappa shape index (κ1) is 10.7. The van der Waals surface area contributed by atoms with Crippen LogP contribution >= 0.6 is 0 Å². The Labute approximate surface area is 95.1 Å². The molecule has 2 aromatic carbocycles. The molecule has 0 aliphatic rings.